The van der Waals surface area contributed by atoms with Gasteiger partial charge in [-0.3, -0.25) is 0 Å². The number of imidazole rings is 1. The smallest absolute Gasteiger partial charge is 0.132 e. The van der Waals surface area contributed by atoms with E-state index in [1.54, 1.807) is 0 Å². The van der Waals surface area contributed by atoms with Crippen molar-refractivity contribution in [3.05, 3.63) is 34.8 Å². The van der Waals surface area contributed by atoms with Gasteiger partial charge in [0, 0.05) is 25.2 Å². The van der Waals surface area contributed by atoms with Crippen molar-refractivity contribution >= 4 is 21.4 Å². The molecule has 90 valence electrons. The summed E-state index contributed by atoms with van der Waals surface area (Å²) in [4.78, 5) is 4.57. The van der Waals surface area contributed by atoms with E-state index in [-0.39, 0.29) is 0 Å². The molecule has 2 aromatic heterocycles. The fourth-order valence-electron chi connectivity index (χ4n) is 2.18. The van der Waals surface area contributed by atoms with E-state index >= 15 is 0 Å². The molecule has 1 unspecified atom stereocenters. The van der Waals surface area contributed by atoms with Crippen LogP contribution >= 0.6 is 15.9 Å². The minimum atomic E-state index is 0.362. The summed E-state index contributed by atoms with van der Waals surface area (Å²) in [7, 11) is 0. The molecular formula is C12H14BrN3O. The van der Waals surface area contributed by atoms with Crippen molar-refractivity contribution in [2.75, 3.05) is 19.8 Å². The lowest BCUT2D eigenvalue weighted by atomic mass is 10.2. The van der Waals surface area contributed by atoms with Gasteiger partial charge in [0.25, 0.3) is 0 Å². The minimum Gasteiger partial charge on any atom is -0.379 e. The second-order valence-corrected chi connectivity index (χ2v) is 4.96. The van der Waals surface area contributed by atoms with Gasteiger partial charge in [-0.25, -0.2) is 4.98 Å². The number of ether oxygens (including phenoxy) is 1. The molecule has 3 heterocycles. The molecule has 0 aromatic carbocycles. The number of rotatable bonds is 2. The third-order valence-electron chi connectivity index (χ3n) is 3.00. The first kappa shape index (κ1) is 11.2. The van der Waals surface area contributed by atoms with Crippen molar-refractivity contribution < 1.29 is 4.74 Å². The molecule has 1 saturated heterocycles. The summed E-state index contributed by atoms with van der Waals surface area (Å²) in [6.07, 6.45) is 2.93. The molecule has 3 rings (SSSR count). The lowest BCUT2D eigenvalue weighted by Crippen LogP contribution is -2.42. The zero-order chi connectivity index (χ0) is 11.7. The number of hydrogen-bond donors (Lipinski definition) is 1. The first-order valence-corrected chi connectivity index (χ1v) is 6.56. The molecule has 0 bridgehead atoms. The predicted octanol–water partition coefficient (Wildman–Crippen LogP) is 1.63. The molecule has 1 aliphatic heterocycles. The van der Waals surface area contributed by atoms with Crippen molar-refractivity contribution in [1.29, 1.82) is 0 Å². The number of aromatic nitrogens is 2. The van der Waals surface area contributed by atoms with E-state index in [1.807, 2.05) is 18.3 Å². The Balaban J connectivity index is 1.89. The quantitative estimate of drug-likeness (QED) is 0.915. The Bertz CT molecular complexity index is 519. The maximum atomic E-state index is 5.46. The van der Waals surface area contributed by atoms with Gasteiger partial charge in [-0.2, -0.15) is 0 Å². The summed E-state index contributed by atoms with van der Waals surface area (Å²) in [6.45, 7) is 2.50. The topological polar surface area (TPSA) is 38.6 Å². The van der Waals surface area contributed by atoms with E-state index in [2.05, 4.69) is 36.7 Å². The Labute approximate surface area is 108 Å². The summed E-state index contributed by atoms with van der Waals surface area (Å²) >= 11 is 3.50. The number of halogens is 1. The van der Waals surface area contributed by atoms with Crippen molar-refractivity contribution in [2.24, 2.45) is 0 Å². The van der Waals surface area contributed by atoms with Gasteiger partial charge in [-0.15, -0.1) is 0 Å². The molecule has 0 amide bonds. The lowest BCUT2D eigenvalue weighted by molar-refractivity contribution is 0.0763. The van der Waals surface area contributed by atoms with Gasteiger partial charge >= 0.3 is 0 Å². The van der Waals surface area contributed by atoms with Crippen LogP contribution in [0.2, 0.25) is 0 Å². The molecule has 4 nitrogen and oxygen atoms in total. The Morgan fingerprint density at radius 3 is 3.29 bits per heavy atom. The molecule has 1 fully saturated rings. The largest absolute Gasteiger partial charge is 0.379 e. The maximum absolute atomic E-state index is 5.46. The number of pyridine rings is 1. The van der Waals surface area contributed by atoms with Crippen LogP contribution < -0.4 is 5.32 Å². The van der Waals surface area contributed by atoms with Crippen molar-refractivity contribution in [2.45, 2.75) is 12.5 Å². The molecule has 1 aliphatic rings. The maximum Gasteiger partial charge on any atom is 0.132 e. The van der Waals surface area contributed by atoms with E-state index in [4.69, 9.17) is 4.74 Å². The Kier molecular flexibility index (Phi) is 3.13. The van der Waals surface area contributed by atoms with Gasteiger partial charge in [0.15, 0.2) is 0 Å². The van der Waals surface area contributed by atoms with Crippen LogP contribution in [0.3, 0.4) is 0 Å². The average Bonchev–Trinajstić information content (AvgIpc) is 2.69. The Hall–Kier alpha value is -0.910. The lowest BCUT2D eigenvalue weighted by Gasteiger charge is -2.23. The van der Waals surface area contributed by atoms with Crippen LogP contribution in [0.4, 0.5) is 0 Å². The van der Waals surface area contributed by atoms with Gasteiger partial charge < -0.3 is 14.5 Å². The molecule has 0 aliphatic carbocycles. The van der Waals surface area contributed by atoms with Crippen LogP contribution in [-0.4, -0.2) is 35.2 Å². The summed E-state index contributed by atoms with van der Waals surface area (Å²) in [6, 6.07) is 6.47. The van der Waals surface area contributed by atoms with E-state index in [0.717, 1.165) is 42.1 Å². The van der Waals surface area contributed by atoms with Crippen LogP contribution in [0, 0.1) is 0 Å². The fraction of sp³-hybridized carbons (Fsp3) is 0.417. The number of nitrogens with one attached hydrogen (secondary N) is 1. The van der Waals surface area contributed by atoms with Crippen LogP contribution in [0.1, 0.15) is 5.82 Å². The van der Waals surface area contributed by atoms with E-state index < -0.39 is 0 Å². The minimum absolute atomic E-state index is 0.362. The molecule has 1 atom stereocenters. The highest BCUT2D eigenvalue weighted by atomic mass is 79.9. The first-order chi connectivity index (χ1) is 8.34. The van der Waals surface area contributed by atoms with Crippen LogP contribution in [0.5, 0.6) is 0 Å². The van der Waals surface area contributed by atoms with Crippen molar-refractivity contribution in [1.82, 2.24) is 14.7 Å². The monoisotopic (exact) mass is 295 g/mol. The third kappa shape index (κ3) is 2.22. The SMILES string of the molecule is Brc1nc(CC2COCCN2)n2ccccc12. The van der Waals surface area contributed by atoms with E-state index in [9.17, 15) is 0 Å². The molecule has 2 aromatic rings. The van der Waals surface area contributed by atoms with E-state index in [1.165, 1.54) is 0 Å². The molecular weight excluding hydrogens is 282 g/mol. The first-order valence-electron chi connectivity index (χ1n) is 5.77. The number of nitrogens with zero attached hydrogens (tertiary/aromatic N) is 2. The van der Waals surface area contributed by atoms with Crippen LogP contribution in [-0.2, 0) is 11.2 Å². The molecule has 0 saturated carbocycles. The summed E-state index contributed by atoms with van der Waals surface area (Å²) < 4.78 is 8.49. The van der Waals surface area contributed by atoms with Crippen LogP contribution in [0.25, 0.3) is 5.52 Å². The number of morpholine rings is 1. The molecule has 0 spiro atoms. The molecule has 17 heavy (non-hydrogen) atoms. The second-order valence-electron chi connectivity index (χ2n) is 4.20. The van der Waals surface area contributed by atoms with Gasteiger partial charge in [-0.05, 0) is 28.1 Å². The van der Waals surface area contributed by atoms with Gasteiger partial charge in [0.1, 0.15) is 10.4 Å². The van der Waals surface area contributed by atoms with Gasteiger partial charge in [0.05, 0.1) is 18.7 Å². The normalized spacial score (nSPS) is 20.9. The highest BCUT2D eigenvalue weighted by Gasteiger charge is 2.17. The van der Waals surface area contributed by atoms with Gasteiger partial charge in [-0.1, -0.05) is 6.07 Å². The van der Waals surface area contributed by atoms with Gasteiger partial charge in [0.2, 0.25) is 0 Å². The molecule has 5 heteroatoms. The summed E-state index contributed by atoms with van der Waals surface area (Å²) in [5.41, 5.74) is 1.11. The average molecular weight is 296 g/mol. The number of fused-ring (bicyclic) bond motifs is 1. The Morgan fingerprint density at radius 1 is 1.53 bits per heavy atom. The third-order valence-corrected chi connectivity index (χ3v) is 3.59. The molecule has 1 N–H and O–H groups in total. The second kappa shape index (κ2) is 4.76. The highest BCUT2D eigenvalue weighted by molar-refractivity contribution is 9.10. The van der Waals surface area contributed by atoms with E-state index in [0.29, 0.717) is 6.04 Å². The zero-order valence-corrected chi connectivity index (χ0v) is 11.0. The standard InChI is InChI=1S/C12H14BrN3O/c13-12-10-3-1-2-5-16(10)11(15-12)7-9-8-17-6-4-14-9/h1-3,5,9,14H,4,6-8H2. The summed E-state index contributed by atoms with van der Waals surface area (Å²) in [5.74, 6) is 1.07. The Morgan fingerprint density at radius 2 is 2.47 bits per heavy atom. The van der Waals surface area contributed by atoms with Crippen molar-refractivity contribution in [3.8, 4) is 0 Å². The highest BCUT2D eigenvalue weighted by Crippen LogP contribution is 2.19. The van der Waals surface area contributed by atoms with Crippen LogP contribution in [0.15, 0.2) is 29.0 Å². The summed E-state index contributed by atoms with van der Waals surface area (Å²) in [5, 5.41) is 3.45. The predicted molar refractivity (Wildman–Crippen MR) is 69.2 cm³/mol. The fourth-order valence-corrected chi connectivity index (χ4v) is 2.70. The van der Waals surface area contributed by atoms with Crippen molar-refractivity contribution in [3.63, 3.8) is 0 Å². The number of hydrogen-bond acceptors (Lipinski definition) is 3. The molecule has 0 radical (unpaired) electrons. The zero-order valence-electron chi connectivity index (χ0n) is 9.40.